The number of anilines is 1. The van der Waals surface area contributed by atoms with E-state index in [9.17, 15) is 4.79 Å². The third-order valence-electron chi connectivity index (χ3n) is 3.53. The van der Waals surface area contributed by atoms with Crippen molar-refractivity contribution in [1.82, 2.24) is 0 Å². The highest BCUT2D eigenvalue weighted by atomic mass is 16.5. The lowest BCUT2D eigenvalue weighted by Gasteiger charge is -2.15. The molecule has 0 aliphatic rings. The zero-order valence-electron chi connectivity index (χ0n) is 13.9. The summed E-state index contributed by atoms with van der Waals surface area (Å²) < 4.78 is 11.4. The first-order chi connectivity index (χ1) is 12.2. The Labute approximate surface area is 147 Å². The molecule has 4 nitrogen and oxygen atoms in total. The van der Waals surface area contributed by atoms with Gasteiger partial charge in [-0.15, -0.1) is 0 Å². The fraction of sp³-hybridized carbons (Fsp3) is 0.0952. The lowest BCUT2D eigenvalue weighted by Crippen LogP contribution is -2.30. The SMILES string of the molecule is CC(Oc1ccc(Oc2ccccc2)cc1)C(=O)Nc1ccccc1. The van der Waals surface area contributed by atoms with Crippen molar-refractivity contribution in [2.45, 2.75) is 13.0 Å². The number of para-hydroxylation sites is 2. The van der Waals surface area contributed by atoms with Gasteiger partial charge in [0.15, 0.2) is 6.10 Å². The fourth-order valence-corrected chi connectivity index (χ4v) is 2.23. The zero-order chi connectivity index (χ0) is 17.5. The van der Waals surface area contributed by atoms with Crippen molar-refractivity contribution < 1.29 is 14.3 Å². The first kappa shape index (κ1) is 16.6. The summed E-state index contributed by atoms with van der Waals surface area (Å²) in [4.78, 5) is 12.2. The molecule has 3 aromatic rings. The van der Waals surface area contributed by atoms with Gasteiger partial charge in [0.25, 0.3) is 5.91 Å². The van der Waals surface area contributed by atoms with Crippen molar-refractivity contribution in [1.29, 1.82) is 0 Å². The van der Waals surface area contributed by atoms with E-state index in [1.54, 1.807) is 19.1 Å². The van der Waals surface area contributed by atoms with Crippen LogP contribution in [0.1, 0.15) is 6.92 Å². The highest BCUT2D eigenvalue weighted by molar-refractivity contribution is 5.94. The number of hydrogen-bond acceptors (Lipinski definition) is 3. The normalized spacial score (nSPS) is 11.4. The summed E-state index contributed by atoms with van der Waals surface area (Å²) in [5, 5.41) is 2.82. The first-order valence-electron chi connectivity index (χ1n) is 8.06. The molecule has 1 unspecified atom stereocenters. The van der Waals surface area contributed by atoms with Crippen LogP contribution in [0.15, 0.2) is 84.9 Å². The van der Waals surface area contributed by atoms with Crippen molar-refractivity contribution in [3.63, 3.8) is 0 Å². The van der Waals surface area contributed by atoms with Crippen LogP contribution in [0.25, 0.3) is 0 Å². The number of carbonyl (C=O) groups excluding carboxylic acids is 1. The van der Waals surface area contributed by atoms with E-state index in [1.807, 2.05) is 72.8 Å². The molecule has 0 saturated heterocycles. The molecule has 126 valence electrons. The summed E-state index contributed by atoms with van der Waals surface area (Å²) in [6, 6.07) is 26.0. The number of amides is 1. The Morgan fingerprint density at radius 3 is 1.92 bits per heavy atom. The van der Waals surface area contributed by atoms with Crippen LogP contribution >= 0.6 is 0 Å². The second kappa shape index (κ2) is 8.02. The van der Waals surface area contributed by atoms with E-state index in [4.69, 9.17) is 9.47 Å². The predicted octanol–water partition coefficient (Wildman–Crippen LogP) is 4.88. The third-order valence-corrected chi connectivity index (χ3v) is 3.53. The second-order valence-corrected chi connectivity index (χ2v) is 5.50. The van der Waals surface area contributed by atoms with Gasteiger partial charge in [-0.3, -0.25) is 4.79 Å². The molecule has 0 fully saturated rings. The van der Waals surface area contributed by atoms with Gasteiger partial charge < -0.3 is 14.8 Å². The van der Waals surface area contributed by atoms with Crippen molar-refractivity contribution in [2.75, 3.05) is 5.32 Å². The van der Waals surface area contributed by atoms with E-state index >= 15 is 0 Å². The Kier molecular flexibility index (Phi) is 5.32. The smallest absolute Gasteiger partial charge is 0.265 e. The van der Waals surface area contributed by atoms with Gasteiger partial charge in [0, 0.05) is 5.69 Å². The molecule has 0 aromatic heterocycles. The molecule has 3 rings (SSSR count). The molecule has 0 bridgehead atoms. The number of rotatable bonds is 6. The Morgan fingerprint density at radius 2 is 1.28 bits per heavy atom. The van der Waals surface area contributed by atoms with E-state index in [1.165, 1.54) is 0 Å². The lowest BCUT2D eigenvalue weighted by atomic mass is 10.3. The molecule has 0 heterocycles. The molecule has 0 aliphatic heterocycles. The Morgan fingerprint density at radius 1 is 0.760 bits per heavy atom. The largest absolute Gasteiger partial charge is 0.481 e. The highest BCUT2D eigenvalue weighted by Crippen LogP contribution is 2.24. The third kappa shape index (κ3) is 4.85. The summed E-state index contributed by atoms with van der Waals surface area (Å²) in [7, 11) is 0. The van der Waals surface area contributed by atoms with Crippen LogP contribution in [0.5, 0.6) is 17.2 Å². The fourth-order valence-electron chi connectivity index (χ4n) is 2.23. The molecular weight excluding hydrogens is 314 g/mol. The van der Waals surface area contributed by atoms with Crippen LogP contribution in [0.2, 0.25) is 0 Å². The van der Waals surface area contributed by atoms with Crippen LogP contribution in [-0.4, -0.2) is 12.0 Å². The molecule has 25 heavy (non-hydrogen) atoms. The molecule has 1 atom stereocenters. The van der Waals surface area contributed by atoms with E-state index in [0.717, 1.165) is 11.4 Å². The number of benzene rings is 3. The van der Waals surface area contributed by atoms with Crippen LogP contribution < -0.4 is 14.8 Å². The summed E-state index contributed by atoms with van der Waals surface area (Å²) in [5.41, 5.74) is 0.745. The van der Waals surface area contributed by atoms with Crippen LogP contribution in [0.3, 0.4) is 0 Å². The van der Waals surface area contributed by atoms with Crippen molar-refractivity contribution in [3.8, 4) is 17.2 Å². The maximum Gasteiger partial charge on any atom is 0.265 e. The molecular formula is C21H19NO3. The van der Waals surface area contributed by atoms with E-state index < -0.39 is 6.10 Å². The summed E-state index contributed by atoms with van der Waals surface area (Å²) >= 11 is 0. The minimum Gasteiger partial charge on any atom is -0.481 e. The highest BCUT2D eigenvalue weighted by Gasteiger charge is 2.14. The van der Waals surface area contributed by atoms with Crippen LogP contribution in [-0.2, 0) is 4.79 Å². The minimum atomic E-state index is -0.610. The Hall–Kier alpha value is -3.27. The van der Waals surface area contributed by atoms with Gasteiger partial charge in [-0.05, 0) is 55.5 Å². The summed E-state index contributed by atoms with van der Waals surface area (Å²) in [6.07, 6.45) is -0.610. The van der Waals surface area contributed by atoms with Gasteiger partial charge in [0.2, 0.25) is 0 Å². The lowest BCUT2D eigenvalue weighted by molar-refractivity contribution is -0.122. The van der Waals surface area contributed by atoms with Gasteiger partial charge in [-0.2, -0.15) is 0 Å². The molecule has 0 saturated carbocycles. The van der Waals surface area contributed by atoms with Gasteiger partial charge in [0.05, 0.1) is 0 Å². The van der Waals surface area contributed by atoms with E-state index in [0.29, 0.717) is 11.5 Å². The second-order valence-electron chi connectivity index (χ2n) is 5.50. The quantitative estimate of drug-likeness (QED) is 0.699. The number of carbonyl (C=O) groups is 1. The maximum atomic E-state index is 12.2. The maximum absolute atomic E-state index is 12.2. The van der Waals surface area contributed by atoms with Crippen molar-refractivity contribution in [3.05, 3.63) is 84.9 Å². The standard InChI is InChI=1S/C21H19NO3/c1-16(21(23)22-17-8-4-2-5-9-17)24-19-12-14-20(15-13-19)25-18-10-6-3-7-11-18/h2-16H,1H3,(H,22,23). The van der Waals surface area contributed by atoms with Crippen LogP contribution in [0.4, 0.5) is 5.69 Å². The molecule has 1 N–H and O–H groups in total. The van der Waals surface area contributed by atoms with Crippen molar-refractivity contribution >= 4 is 11.6 Å². The van der Waals surface area contributed by atoms with Crippen molar-refractivity contribution in [2.24, 2.45) is 0 Å². The van der Waals surface area contributed by atoms with E-state index in [-0.39, 0.29) is 5.91 Å². The topological polar surface area (TPSA) is 47.6 Å². The molecule has 0 spiro atoms. The number of nitrogens with one attached hydrogen (secondary N) is 1. The number of ether oxygens (including phenoxy) is 2. The Bertz CT molecular complexity index is 802. The minimum absolute atomic E-state index is 0.198. The molecule has 3 aromatic carbocycles. The predicted molar refractivity (Wildman–Crippen MR) is 98.1 cm³/mol. The average Bonchev–Trinajstić information content (AvgIpc) is 2.65. The Balaban J connectivity index is 1.56. The monoisotopic (exact) mass is 333 g/mol. The average molecular weight is 333 g/mol. The van der Waals surface area contributed by atoms with Gasteiger partial charge in [0.1, 0.15) is 17.2 Å². The summed E-state index contributed by atoms with van der Waals surface area (Å²) in [6.45, 7) is 1.71. The molecule has 0 radical (unpaired) electrons. The first-order valence-corrected chi connectivity index (χ1v) is 8.06. The summed E-state index contributed by atoms with van der Waals surface area (Å²) in [5.74, 6) is 1.89. The molecule has 0 aliphatic carbocycles. The molecule has 1 amide bonds. The zero-order valence-corrected chi connectivity index (χ0v) is 13.9. The van der Waals surface area contributed by atoms with Gasteiger partial charge in [-0.25, -0.2) is 0 Å². The van der Waals surface area contributed by atoms with Gasteiger partial charge in [-0.1, -0.05) is 36.4 Å². The molecule has 4 heteroatoms. The van der Waals surface area contributed by atoms with Crippen LogP contribution in [0, 0.1) is 0 Å². The van der Waals surface area contributed by atoms with Gasteiger partial charge >= 0.3 is 0 Å². The van der Waals surface area contributed by atoms with E-state index in [2.05, 4.69) is 5.32 Å². The number of hydrogen-bond donors (Lipinski definition) is 1.